The van der Waals surface area contributed by atoms with E-state index in [1.807, 2.05) is 12.1 Å². The van der Waals surface area contributed by atoms with E-state index in [9.17, 15) is 4.79 Å². The average Bonchev–Trinajstić information content (AvgIpc) is 2.58. The molecule has 1 heterocycles. The molecule has 2 rings (SSSR count). The van der Waals surface area contributed by atoms with Crippen LogP contribution < -0.4 is 0 Å². The molecule has 2 aromatic rings. The molecule has 0 aliphatic heterocycles. The van der Waals surface area contributed by atoms with Gasteiger partial charge >= 0.3 is 5.97 Å². The number of nitrogens with zero attached hydrogens (tertiary/aromatic N) is 1. The Morgan fingerprint density at radius 1 is 1.53 bits per heavy atom. The highest BCUT2D eigenvalue weighted by atomic mass is 79.9. The Labute approximate surface area is 94.0 Å². The van der Waals surface area contributed by atoms with Gasteiger partial charge in [0.1, 0.15) is 0 Å². The molecule has 0 unspecified atom stereocenters. The number of hydrogen-bond acceptors (Lipinski definition) is 3. The van der Waals surface area contributed by atoms with E-state index in [2.05, 4.69) is 21.1 Å². The number of aromatic nitrogens is 1. The van der Waals surface area contributed by atoms with Crippen molar-refractivity contribution in [3.8, 4) is 0 Å². The van der Waals surface area contributed by atoms with Gasteiger partial charge in [-0.3, -0.25) is 4.79 Å². The quantitative estimate of drug-likeness (QED) is 0.931. The maximum Gasteiger partial charge on any atom is 0.303 e. The van der Waals surface area contributed by atoms with Crippen LogP contribution in [0.2, 0.25) is 0 Å². The summed E-state index contributed by atoms with van der Waals surface area (Å²) in [5.41, 5.74) is 1.60. The van der Waals surface area contributed by atoms with Crippen LogP contribution in [0.4, 0.5) is 0 Å². The molecule has 0 fully saturated rings. The van der Waals surface area contributed by atoms with Crippen molar-refractivity contribution in [2.45, 2.75) is 12.8 Å². The Hall–Kier alpha value is -1.36. The first-order valence-corrected chi connectivity index (χ1v) is 5.22. The lowest BCUT2D eigenvalue weighted by molar-refractivity contribution is -0.136. The highest BCUT2D eigenvalue weighted by Crippen LogP contribution is 2.27. The standard InChI is InChI=1S/C10H8BrNO3/c11-10-9-6(4-5-8(13)14)2-1-3-7(9)15-12-10/h1-3H,4-5H2,(H,13,14). The molecule has 15 heavy (non-hydrogen) atoms. The summed E-state index contributed by atoms with van der Waals surface area (Å²) in [6.45, 7) is 0. The van der Waals surface area contributed by atoms with E-state index in [0.717, 1.165) is 10.9 Å². The molecule has 78 valence electrons. The number of fused-ring (bicyclic) bond motifs is 1. The molecule has 0 atom stereocenters. The number of halogens is 1. The first-order chi connectivity index (χ1) is 7.18. The predicted molar refractivity (Wildman–Crippen MR) is 57.7 cm³/mol. The van der Waals surface area contributed by atoms with Crippen molar-refractivity contribution < 1.29 is 14.4 Å². The molecule has 1 aromatic carbocycles. The van der Waals surface area contributed by atoms with Gasteiger partial charge in [-0.1, -0.05) is 17.3 Å². The van der Waals surface area contributed by atoms with Crippen molar-refractivity contribution in [2.24, 2.45) is 0 Å². The fourth-order valence-corrected chi connectivity index (χ4v) is 1.99. The molecule has 0 radical (unpaired) electrons. The van der Waals surface area contributed by atoms with E-state index in [-0.39, 0.29) is 6.42 Å². The number of hydrogen-bond donors (Lipinski definition) is 1. The van der Waals surface area contributed by atoms with Gasteiger partial charge in [0.05, 0.1) is 5.39 Å². The number of aryl methyl sites for hydroxylation is 1. The second-order valence-corrected chi connectivity index (χ2v) is 3.91. The maximum absolute atomic E-state index is 10.5. The largest absolute Gasteiger partial charge is 0.481 e. The SMILES string of the molecule is O=C(O)CCc1cccc2onc(Br)c12. The third-order valence-electron chi connectivity index (χ3n) is 2.15. The van der Waals surface area contributed by atoms with Gasteiger partial charge in [-0.2, -0.15) is 0 Å². The molecule has 0 saturated heterocycles. The van der Waals surface area contributed by atoms with Crippen LogP contribution >= 0.6 is 15.9 Å². The Morgan fingerprint density at radius 2 is 2.33 bits per heavy atom. The van der Waals surface area contributed by atoms with Crippen LogP contribution in [0.1, 0.15) is 12.0 Å². The van der Waals surface area contributed by atoms with E-state index in [4.69, 9.17) is 9.63 Å². The number of carboxylic acids is 1. The lowest BCUT2D eigenvalue weighted by Crippen LogP contribution is -1.97. The van der Waals surface area contributed by atoms with Gasteiger partial charge in [-0.05, 0) is 34.0 Å². The van der Waals surface area contributed by atoms with Crippen LogP contribution in [0, 0.1) is 0 Å². The summed E-state index contributed by atoms with van der Waals surface area (Å²) in [6, 6.07) is 5.52. The molecule has 4 nitrogen and oxygen atoms in total. The normalized spacial score (nSPS) is 10.7. The molecule has 0 aliphatic rings. The second-order valence-electron chi connectivity index (χ2n) is 3.16. The monoisotopic (exact) mass is 269 g/mol. The summed E-state index contributed by atoms with van der Waals surface area (Å²) in [4.78, 5) is 10.5. The molecular weight excluding hydrogens is 262 g/mol. The summed E-state index contributed by atoms with van der Waals surface area (Å²) in [6.07, 6.45) is 0.587. The average molecular weight is 270 g/mol. The van der Waals surface area contributed by atoms with Gasteiger partial charge < -0.3 is 9.63 Å². The molecule has 0 saturated carbocycles. The fraction of sp³-hybridized carbons (Fsp3) is 0.200. The molecule has 0 aliphatic carbocycles. The summed E-state index contributed by atoms with van der Waals surface area (Å²) in [5.74, 6) is -0.806. The van der Waals surface area contributed by atoms with Gasteiger partial charge in [0.2, 0.25) is 0 Å². The maximum atomic E-state index is 10.5. The topological polar surface area (TPSA) is 63.3 Å². The first kappa shape index (κ1) is 10.2. The number of carboxylic acid groups (broad SMARTS) is 1. The van der Waals surface area contributed by atoms with E-state index in [1.54, 1.807) is 6.07 Å². The number of benzene rings is 1. The van der Waals surface area contributed by atoms with Crippen LogP contribution in [0.5, 0.6) is 0 Å². The van der Waals surface area contributed by atoms with E-state index < -0.39 is 5.97 Å². The molecule has 0 spiro atoms. The van der Waals surface area contributed by atoms with Gasteiger partial charge in [0.15, 0.2) is 10.2 Å². The van der Waals surface area contributed by atoms with Gasteiger partial charge in [0, 0.05) is 6.42 Å². The van der Waals surface area contributed by atoms with E-state index in [1.165, 1.54) is 0 Å². The van der Waals surface area contributed by atoms with Crippen molar-refractivity contribution >= 4 is 32.9 Å². The van der Waals surface area contributed by atoms with E-state index >= 15 is 0 Å². The van der Waals surface area contributed by atoms with E-state index in [0.29, 0.717) is 16.6 Å². The Kier molecular flexibility index (Phi) is 2.73. The van der Waals surface area contributed by atoms with Crippen LogP contribution in [-0.2, 0) is 11.2 Å². The van der Waals surface area contributed by atoms with Crippen molar-refractivity contribution in [2.75, 3.05) is 0 Å². The third kappa shape index (κ3) is 2.02. The van der Waals surface area contributed by atoms with Crippen LogP contribution in [-0.4, -0.2) is 16.2 Å². The predicted octanol–water partition coefficient (Wildman–Crippen LogP) is 2.61. The minimum atomic E-state index is -0.806. The lowest BCUT2D eigenvalue weighted by Gasteiger charge is -1.99. The van der Waals surface area contributed by atoms with Crippen LogP contribution in [0.25, 0.3) is 11.0 Å². The smallest absolute Gasteiger partial charge is 0.303 e. The molecule has 0 amide bonds. The summed E-state index contributed by atoms with van der Waals surface area (Å²) >= 11 is 3.27. The molecule has 0 bridgehead atoms. The highest BCUT2D eigenvalue weighted by Gasteiger charge is 2.10. The zero-order chi connectivity index (χ0) is 10.8. The van der Waals surface area contributed by atoms with Crippen molar-refractivity contribution in [3.05, 3.63) is 28.4 Å². The van der Waals surface area contributed by atoms with Crippen LogP contribution in [0.15, 0.2) is 27.3 Å². The number of carbonyl (C=O) groups is 1. The second kappa shape index (κ2) is 4.02. The molecule has 1 N–H and O–H groups in total. The highest BCUT2D eigenvalue weighted by molar-refractivity contribution is 9.10. The van der Waals surface area contributed by atoms with Crippen molar-refractivity contribution in [3.63, 3.8) is 0 Å². The van der Waals surface area contributed by atoms with Gasteiger partial charge in [0.25, 0.3) is 0 Å². The number of aliphatic carboxylic acids is 1. The van der Waals surface area contributed by atoms with Gasteiger partial charge in [-0.25, -0.2) is 0 Å². The van der Waals surface area contributed by atoms with Crippen LogP contribution in [0.3, 0.4) is 0 Å². The lowest BCUT2D eigenvalue weighted by atomic mass is 10.1. The Morgan fingerprint density at radius 3 is 3.07 bits per heavy atom. The zero-order valence-electron chi connectivity index (χ0n) is 7.74. The number of rotatable bonds is 3. The van der Waals surface area contributed by atoms with Crippen molar-refractivity contribution in [1.29, 1.82) is 0 Å². The molecule has 5 heteroatoms. The Balaban J connectivity index is 2.41. The minimum absolute atomic E-state index is 0.108. The Bertz CT molecular complexity index is 506. The van der Waals surface area contributed by atoms with Gasteiger partial charge in [-0.15, -0.1) is 0 Å². The third-order valence-corrected chi connectivity index (χ3v) is 2.69. The minimum Gasteiger partial charge on any atom is -0.481 e. The van der Waals surface area contributed by atoms with Crippen molar-refractivity contribution in [1.82, 2.24) is 5.16 Å². The molecule has 1 aromatic heterocycles. The molecular formula is C10H8BrNO3. The zero-order valence-corrected chi connectivity index (χ0v) is 9.32. The fourth-order valence-electron chi connectivity index (χ4n) is 1.47. The first-order valence-electron chi connectivity index (χ1n) is 4.43. The summed E-state index contributed by atoms with van der Waals surface area (Å²) in [7, 11) is 0. The summed E-state index contributed by atoms with van der Waals surface area (Å²) < 4.78 is 5.68. The summed E-state index contributed by atoms with van der Waals surface area (Å²) in [5, 5.41) is 13.3.